The minimum absolute atomic E-state index is 0.334. The maximum absolute atomic E-state index is 11.7. The monoisotopic (exact) mass is 450 g/mol. The molecule has 7 heteroatoms. The molecule has 0 aliphatic heterocycles. The second-order valence-corrected chi connectivity index (χ2v) is 7.79. The first-order chi connectivity index (χ1) is 16.0. The Hall–Kier alpha value is -3.61. The van der Waals surface area contributed by atoms with Crippen molar-refractivity contribution in [3.8, 4) is 17.2 Å². The number of aryl methyl sites for hydroxylation is 1. The number of rotatable bonds is 12. The SMILES string of the molecule is CCCON=C(C)C(Cc1ccc(OCCc2nc(-c3ccccc3)oc2C)cc1)C(=O)O. The third-order valence-corrected chi connectivity index (χ3v) is 5.19. The average Bonchev–Trinajstić information content (AvgIpc) is 3.19. The fourth-order valence-corrected chi connectivity index (χ4v) is 3.30. The molecular weight excluding hydrogens is 420 g/mol. The van der Waals surface area contributed by atoms with Crippen molar-refractivity contribution in [2.75, 3.05) is 13.2 Å². The quantitative estimate of drug-likeness (QED) is 0.228. The number of nitrogens with zero attached hydrogens (tertiary/aromatic N) is 2. The minimum Gasteiger partial charge on any atom is -0.493 e. The first-order valence-corrected chi connectivity index (χ1v) is 11.1. The maximum atomic E-state index is 11.7. The zero-order valence-corrected chi connectivity index (χ0v) is 19.3. The van der Waals surface area contributed by atoms with Gasteiger partial charge in [0.25, 0.3) is 0 Å². The molecular formula is C26H30N2O5. The zero-order chi connectivity index (χ0) is 23.6. The third kappa shape index (κ3) is 6.94. The Labute approximate surface area is 194 Å². The van der Waals surface area contributed by atoms with E-state index in [0.717, 1.165) is 29.0 Å². The molecule has 0 saturated carbocycles. The Morgan fingerprint density at radius 3 is 2.52 bits per heavy atom. The van der Waals surface area contributed by atoms with Gasteiger partial charge in [0, 0.05) is 12.0 Å². The third-order valence-electron chi connectivity index (χ3n) is 5.19. The van der Waals surface area contributed by atoms with Crippen LogP contribution in [0.15, 0.2) is 64.2 Å². The van der Waals surface area contributed by atoms with Gasteiger partial charge in [-0.15, -0.1) is 0 Å². The molecule has 0 aliphatic rings. The molecule has 0 saturated heterocycles. The van der Waals surface area contributed by atoms with Gasteiger partial charge in [-0.25, -0.2) is 4.98 Å². The predicted octanol–water partition coefficient (Wildman–Crippen LogP) is 5.32. The van der Waals surface area contributed by atoms with Crippen molar-refractivity contribution in [1.29, 1.82) is 0 Å². The van der Waals surface area contributed by atoms with Gasteiger partial charge in [0.15, 0.2) is 0 Å². The topological polar surface area (TPSA) is 94.2 Å². The highest BCUT2D eigenvalue weighted by atomic mass is 16.6. The summed E-state index contributed by atoms with van der Waals surface area (Å²) in [6, 6.07) is 17.2. The smallest absolute Gasteiger partial charge is 0.312 e. The summed E-state index contributed by atoms with van der Waals surface area (Å²) in [5.41, 5.74) is 3.16. The van der Waals surface area contributed by atoms with Gasteiger partial charge in [-0.2, -0.15) is 0 Å². The van der Waals surface area contributed by atoms with Gasteiger partial charge < -0.3 is 19.1 Å². The van der Waals surface area contributed by atoms with Crippen LogP contribution in [0.4, 0.5) is 0 Å². The van der Waals surface area contributed by atoms with Crippen molar-refractivity contribution in [3.05, 3.63) is 71.6 Å². The van der Waals surface area contributed by atoms with Gasteiger partial charge in [-0.1, -0.05) is 42.4 Å². The van der Waals surface area contributed by atoms with Gasteiger partial charge in [0.05, 0.1) is 18.0 Å². The van der Waals surface area contributed by atoms with Crippen molar-refractivity contribution >= 4 is 11.7 Å². The summed E-state index contributed by atoms with van der Waals surface area (Å²) in [4.78, 5) is 21.4. The fourth-order valence-electron chi connectivity index (χ4n) is 3.30. The summed E-state index contributed by atoms with van der Waals surface area (Å²) in [6.45, 7) is 6.48. The van der Waals surface area contributed by atoms with E-state index in [4.69, 9.17) is 14.0 Å². The molecule has 1 heterocycles. The molecule has 0 spiro atoms. The second kappa shape index (κ2) is 11.9. The molecule has 3 rings (SSSR count). The van der Waals surface area contributed by atoms with Crippen molar-refractivity contribution in [2.45, 2.75) is 40.0 Å². The minimum atomic E-state index is -0.922. The van der Waals surface area contributed by atoms with Crippen molar-refractivity contribution in [3.63, 3.8) is 0 Å². The number of oxazole rings is 1. The van der Waals surface area contributed by atoms with Crippen LogP contribution in [0.1, 0.15) is 37.3 Å². The van der Waals surface area contributed by atoms with Crippen LogP contribution < -0.4 is 4.74 Å². The molecule has 0 bridgehead atoms. The molecule has 3 aromatic rings. The molecule has 1 aromatic heterocycles. The number of ether oxygens (including phenoxy) is 1. The highest BCUT2D eigenvalue weighted by molar-refractivity contribution is 6.00. The van der Waals surface area contributed by atoms with E-state index in [1.165, 1.54) is 0 Å². The molecule has 1 atom stereocenters. The van der Waals surface area contributed by atoms with Crippen LogP contribution in [-0.4, -0.2) is 35.0 Å². The lowest BCUT2D eigenvalue weighted by Crippen LogP contribution is -2.24. The number of hydrogen-bond donors (Lipinski definition) is 1. The van der Waals surface area contributed by atoms with E-state index in [1.54, 1.807) is 6.92 Å². The lowest BCUT2D eigenvalue weighted by Gasteiger charge is -2.13. The number of aromatic nitrogens is 1. The van der Waals surface area contributed by atoms with E-state index in [0.29, 0.717) is 43.4 Å². The second-order valence-electron chi connectivity index (χ2n) is 7.79. The van der Waals surface area contributed by atoms with Crippen LogP contribution in [0.3, 0.4) is 0 Å². The van der Waals surface area contributed by atoms with Gasteiger partial charge in [-0.3, -0.25) is 4.79 Å². The number of carbonyl (C=O) groups is 1. The summed E-state index contributed by atoms with van der Waals surface area (Å²) >= 11 is 0. The molecule has 7 nitrogen and oxygen atoms in total. The summed E-state index contributed by atoms with van der Waals surface area (Å²) < 4.78 is 11.7. The molecule has 0 fully saturated rings. The van der Waals surface area contributed by atoms with Crippen LogP contribution in [0.25, 0.3) is 11.5 Å². The summed E-state index contributed by atoms with van der Waals surface area (Å²) in [7, 11) is 0. The molecule has 0 amide bonds. The van der Waals surface area contributed by atoms with E-state index in [1.807, 2.05) is 68.4 Å². The van der Waals surface area contributed by atoms with Gasteiger partial charge in [0.1, 0.15) is 24.0 Å². The Kier molecular flexibility index (Phi) is 8.63. The van der Waals surface area contributed by atoms with E-state index in [2.05, 4.69) is 10.1 Å². The van der Waals surface area contributed by atoms with Gasteiger partial charge in [-0.05, 0) is 56.5 Å². The standard InChI is InChI=1S/C26H30N2O5/c1-4-15-32-28-18(2)23(26(29)30)17-20-10-12-22(13-11-20)31-16-14-24-19(3)33-25(27-24)21-8-6-5-7-9-21/h5-13,23H,4,14-17H2,1-3H3,(H,29,30). The van der Waals surface area contributed by atoms with E-state index in [9.17, 15) is 9.90 Å². The Morgan fingerprint density at radius 1 is 1.12 bits per heavy atom. The summed E-state index contributed by atoms with van der Waals surface area (Å²) in [6.07, 6.45) is 1.78. The summed E-state index contributed by atoms with van der Waals surface area (Å²) in [5.74, 6) is 0.454. The summed E-state index contributed by atoms with van der Waals surface area (Å²) in [5, 5.41) is 13.5. The first kappa shape index (κ1) is 24.0. The van der Waals surface area contributed by atoms with Crippen molar-refractivity contribution < 1.29 is 23.9 Å². The molecule has 1 N–H and O–H groups in total. The molecule has 0 aliphatic carbocycles. The van der Waals surface area contributed by atoms with Crippen LogP contribution in [0.2, 0.25) is 0 Å². The van der Waals surface area contributed by atoms with E-state index < -0.39 is 11.9 Å². The van der Waals surface area contributed by atoms with Crippen LogP contribution in [0.5, 0.6) is 5.75 Å². The number of oxime groups is 1. The van der Waals surface area contributed by atoms with Gasteiger partial charge >= 0.3 is 5.97 Å². The van der Waals surface area contributed by atoms with Crippen molar-refractivity contribution in [2.24, 2.45) is 11.1 Å². The largest absolute Gasteiger partial charge is 0.493 e. The van der Waals surface area contributed by atoms with Crippen LogP contribution in [-0.2, 0) is 22.5 Å². The molecule has 2 aromatic carbocycles. The normalized spacial score (nSPS) is 12.4. The van der Waals surface area contributed by atoms with Crippen molar-refractivity contribution in [1.82, 2.24) is 4.98 Å². The lowest BCUT2D eigenvalue weighted by atomic mass is 9.95. The Bertz CT molecular complexity index is 1060. The molecule has 1 unspecified atom stereocenters. The highest BCUT2D eigenvalue weighted by Crippen LogP contribution is 2.22. The molecule has 33 heavy (non-hydrogen) atoms. The maximum Gasteiger partial charge on any atom is 0.312 e. The molecule has 0 radical (unpaired) electrons. The van der Waals surface area contributed by atoms with Crippen LogP contribution >= 0.6 is 0 Å². The van der Waals surface area contributed by atoms with E-state index in [-0.39, 0.29) is 0 Å². The van der Waals surface area contributed by atoms with E-state index >= 15 is 0 Å². The lowest BCUT2D eigenvalue weighted by molar-refractivity contribution is -0.139. The number of benzene rings is 2. The first-order valence-electron chi connectivity index (χ1n) is 11.1. The number of hydrogen-bond acceptors (Lipinski definition) is 6. The molecule has 174 valence electrons. The Morgan fingerprint density at radius 2 is 1.85 bits per heavy atom. The number of carboxylic acid groups (broad SMARTS) is 1. The van der Waals surface area contributed by atoms with Gasteiger partial charge in [0.2, 0.25) is 5.89 Å². The highest BCUT2D eigenvalue weighted by Gasteiger charge is 2.22. The fraction of sp³-hybridized carbons (Fsp3) is 0.346. The average molecular weight is 451 g/mol. The Balaban J connectivity index is 1.54. The zero-order valence-electron chi connectivity index (χ0n) is 19.3. The number of aliphatic carboxylic acids is 1. The predicted molar refractivity (Wildman–Crippen MR) is 126 cm³/mol. The number of carboxylic acids is 1. The van der Waals surface area contributed by atoms with Crippen LogP contribution in [0, 0.1) is 12.8 Å².